The van der Waals surface area contributed by atoms with Crippen LogP contribution in [0.2, 0.25) is 0 Å². The van der Waals surface area contributed by atoms with E-state index in [0.29, 0.717) is 23.1 Å². The smallest absolute Gasteiger partial charge is 0.281 e. The van der Waals surface area contributed by atoms with Crippen LogP contribution in [0.4, 0.5) is 10.2 Å². The number of benzene rings is 2. The highest BCUT2D eigenvalue weighted by atomic mass is 19.1. The van der Waals surface area contributed by atoms with Gasteiger partial charge in [-0.15, -0.1) is 5.10 Å². The first kappa shape index (κ1) is 13.9. The summed E-state index contributed by atoms with van der Waals surface area (Å²) in [5.74, 6) is -0.854. The van der Waals surface area contributed by atoms with Crippen LogP contribution in [-0.4, -0.2) is 29.1 Å². The van der Waals surface area contributed by atoms with Crippen molar-refractivity contribution in [1.29, 1.82) is 0 Å². The zero-order chi connectivity index (χ0) is 15.7. The van der Waals surface area contributed by atoms with Crippen molar-refractivity contribution in [3.8, 4) is 0 Å². The molecule has 0 bridgehead atoms. The second-order valence-corrected chi connectivity index (χ2v) is 4.75. The lowest BCUT2D eigenvalue weighted by atomic mass is 10.2. The van der Waals surface area contributed by atoms with Crippen molar-refractivity contribution in [3.05, 3.63) is 59.9 Å². The summed E-state index contributed by atoms with van der Waals surface area (Å²) in [6, 6.07) is 12.7. The van der Waals surface area contributed by atoms with E-state index in [1.54, 1.807) is 37.4 Å². The molecule has 0 saturated carbocycles. The third-order valence-corrected chi connectivity index (χ3v) is 3.36. The van der Waals surface area contributed by atoms with Gasteiger partial charge in [0.15, 0.2) is 5.82 Å². The SMILES string of the molecule is CN(C=O)c1nn(C(=O)c2ccccc2F)c2ccccc12. The minimum absolute atomic E-state index is 0.0731. The predicted octanol–water partition coefficient (Wildman–Crippen LogP) is 2.46. The maximum Gasteiger partial charge on any atom is 0.281 e. The fraction of sp³-hybridized carbons (Fsp3) is 0.0625. The Morgan fingerprint density at radius 3 is 2.59 bits per heavy atom. The van der Waals surface area contributed by atoms with Crippen molar-refractivity contribution in [3.63, 3.8) is 0 Å². The summed E-state index contributed by atoms with van der Waals surface area (Å²) in [4.78, 5) is 24.8. The van der Waals surface area contributed by atoms with Crippen LogP contribution >= 0.6 is 0 Å². The standard InChI is InChI=1S/C16H12FN3O2/c1-19(10-21)15-12-7-3-5-9-14(12)20(18-15)16(22)11-6-2-4-8-13(11)17/h2-10H,1H3. The lowest BCUT2D eigenvalue weighted by molar-refractivity contribution is -0.107. The fourth-order valence-electron chi connectivity index (χ4n) is 2.26. The average Bonchev–Trinajstić information content (AvgIpc) is 2.94. The van der Waals surface area contributed by atoms with Crippen LogP contribution in [0.3, 0.4) is 0 Å². The first-order chi connectivity index (χ1) is 10.6. The van der Waals surface area contributed by atoms with Crippen LogP contribution in [0, 0.1) is 5.82 Å². The summed E-state index contributed by atoms with van der Waals surface area (Å²) in [6.45, 7) is 0. The van der Waals surface area contributed by atoms with Crippen molar-refractivity contribution in [2.45, 2.75) is 0 Å². The number of rotatable bonds is 3. The van der Waals surface area contributed by atoms with Gasteiger partial charge in [0.2, 0.25) is 6.41 Å². The van der Waals surface area contributed by atoms with Crippen molar-refractivity contribution < 1.29 is 14.0 Å². The Labute approximate surface area is 125 Å². The van der Waals surface area contributed by atoms with Crippen LogP contribution in [-0.2, 0) is 4.79 Å². The van der Waals surface area contributed by atoms with Crippen LogP contribution in [0.1, 0.15) is 10.4 Å². The van der Waals surface area contributed by atoms with E-state index >= 15 is 0 Å². The molecule has 110 valence electrons. The summed E-state index contributed by atoms with van der Waals surface area (Å²) in [7, 11) is 1.54. The number of carbonyl (C=O) groups is 2. The molecule has 0 aliphatic heterocycles. The summed E-state index contributed by atoms with van der Waals surface area (Å²) < 4.78 is 14.9. The molecule has 1 aromatic heterocycles. The number of hydrogen-bond donors (Lipinski definition) is 0. The first-order valence-electron chi connectivity index (χ1n) is 6.58. The lowest BCUT2D eigenvalue weighted by Gasteiger charge is -2.06. The molecule has 0 radical (unpaired) electrons. The van der Waals surface area contributed by atoms with Gasteiger partial charge in [0.1, 0.15) is 5.82 Å². The molecule has 0 saturated heterocycles. The Bertz CT molecular complexity index is 873. The van der Waals surface area contributed by atoms with Crippen LogP contribution in [0.15, 0.2) is 48.5 Å². The van der Waals surface area contributed by atoms with E-state index in [9.17, 15) is 14.0 Å². The third-order valence-electron chi connectivity index (χ3n) is 3.36. The van der Waals surface area contributed by atoms with Crippen LogP contribution in [0.5, 0.6) is 0 Å². The van der Waals surface area contributed by atoms with Crippen molar-refractivity contribution in [1.82, 2.24) is 9.78 Å². The summed E-state index contributed by atoms with van der Waals surface area (Å²) in [5, 5.41) is 4.81. The zero-order valence-corrected chi connectivity index (χ0v) is 11.7. The topological polar surface area (TPSA) is 55.2 Å². The molecular weight excluding hydrogens is 285 g/mol. The summed E-state index contributed by atoms with van der Waals surface area (Å²) in [5.41, 5.74) is 0.440. The molecule has 3 rings (SSSR count). The highest BCUT2D eigenvalue weighted by molar-refractivity contribution is 6.05. The summed E-state index contributed by atoms with van der Waals surface area (Å²) in [6.07, 6.45) is 0.604. The molecule has 0 unspecified atom stereocenters. The maximum atomic E-state index is 13.8. The number of nitrogens with zero attached hydrogens (tertiary/aromatic N) is 3. The molecule has 5 nitrogen and oxygen atoms in total. The Kier molecular flexibility index (Phi) is 3.42. The van der Waals surface area contributed by atoms with Gasteiger partial charge in [-0.2, -0.15) is 4.68 Å². The molecule has 0 fully saturated rings. The minimum atomic E-state index is -0.614. The second-order valence-electron chi connectivity index (χ2n) is 4.75. The molecule has 0 atom stereocenters. The Morgan fingerprint density at radius 2 is 1.86 bits per heavy atom. The van der Waals surface area contributed by atoms with E-state index in [4.69, 9.17) is 0 Å². The van der Waals surface area contributed by atoms with Crippen LogP contribution < -0.4 is 4.90 Å². The van der Waals surface area contributed by atoms with Gasteiger partial charge in [0, 0.05) is 12.4 Å². The number of para-hydroxylation sites is 1. The molecular formula is C16H12FN3O2. The van der Waals surface area contributed by atoms with Crippen molar-refractivity contribution in [2.75, 3.05) is 11.9 Å². The minimum Gasteiger partial charge on any atom is -0.301 e. The highest BCUT2D eigenvalue weighted by Gasteiger charge is 2.20. The number of halogens is 1. The maximum absolute atomic E-state index is 13.8. The molecule has 3 aromatic rings. The Morgan fingerprint density at radius 1 is 1.18 bits per heavy atom. The number of hydrogen-bond acceptors (Lipinski definition) is 3. The number of carbonyl (C=O) groups excluding carboxylic acids is 2. The quantitative estimate of drug-likeness (QED) is 0.698. The van der Waals surface area contributed by atoms with Crippen LogP contribution in [0.25, 0.3) is 10.9 Å². The lowest BCUT2D eigenvalue weighted by Crippen LogP contribution is -2.18. The highest BCUT2D eigenvalue weighted by Crippen LogP contribution is 2.25. The normalized spacial score (nSPS) is 10.6. The number of amides is 1. The molecule has 0 spiro atoms. The van der Waals surface area contributed by atoms with E-state index in [0.717, 1.165) is 4.68 Å². The zero-order valence-electron chi connectivity index (χ0n) is 11.7. The second kappa shape index (κ2) is 5.40. The molecule has 6 heteroatoms. The number of fused-ring (bicyclic) bond motifs is 1. The average molecular weight is 297 g/mol. The molecule has 2 aromatic carbocycles. The van der Waals surface area contributed by atoms with Gasteiger partial charge in [-0.25, -0.2) is 4.39 Å². The largest absolute Gasteiger partial charge is 0.301 e. The van der Waals surface area contributed by atoms with Gasteiger partial charge in [0.25, 0.3) is 5.91 Å². The van der Waals surface area contributed by atoms with Gasteiger partial charge in [0.05, 0.1) is 11.1 Å². The van der Waals surface area contributed by atoms with E-state index in [1.807, 2.05) is 0 Å². The monoisotopic (exact) mass is 297 g/mol. The van der Waals surface area contributed by atoms with Gasteiger partial charge >= 0.3 is 0 Å². The molecule has 1 amide bonds. The molecule has 1 heterocycles. The molecule has 0 aliphatic carbocycles. The van der Waals surface area contributed by atoms with Gasteiger partial charge in [-0.05, 0) is 24.3 Å². The van der Waals surface area contributed by atoms with Gasteiger partial charge < -0.3 is 4.90 Å². The van der Waals surface area contributed by atoms with Gasteiger partial charge in [-0.1, -0.05) is 24.3 Å². The van der Waals surface area contributed by atoms with Crippen molar-refractivity contribution in [2.24, 2.45) is 0 Å². The van der Waals surface area contributed by atoms with E-state index in [-0.39, 0.29) is 5.56 Å². The predicted molar refractivity (Wildman–Crippen MR) is 80.3 cm³/mol. The molecule has 0 N–H and O–H groups in total. The van der Waals surface area contributed by atoms with E-state index in [2.05, 4.69) is 5.10 Å². The summed E-state index contributed by atoms with van der Waals surface area (Å²) >= 11 is 0. The van der Waals surface area contributed by atoms with E-state index in [1.165, 1.54) is 23.1 Å². The fourth-order valence-corrected chi connectivity index (χ4v) is 2.26. The van der Waals surface area contributed by atoms with E-state index < -0.39 is 11.7 Å². The Balaban J connectivity index is 2.21. The van der Waals surface area contributed by atoms with Crippen molar-refractivity contribution >= 4 is 29.0 Å². The number of aromatic nitrogens is 2. The third kappa shape index (κ3) is 2.14. The first-order valence-corrected chi connectivity index (χ1v) is 6.58. The molecule has 0 aliphatic rings. The van der Waals surface area contributed by atoms with Gasteiger partial charge in [-0.3, -0.25) is 9.59 Å². The molecule has 22 heavy (non-hydrogen) atoms. The Hall–Kier alpha value is -3.02. The number of anilines is 1.